The molecule has 6 aromatic heterocycles. The Kier molecular flexibility index (Phi) is 9.67. The lowest BCUT2D eigenvalue weighted by molar-refractivity contribution is 0.0763. The average molecular weight is 818 g/mol. The maximum Gasteiger partial charge on any atom is 0.272 e. The van der Waals surface area contributed by atoms with Gasteiger partial charge in [-0.05, 0) is 73.5 Å². The van der Waals surface area contributed by atoms with Gasteiger partial charge in [-0.15, -0.1) is 0 Å². The standard InChI is InChI=1S/C45H40FN11O4/c1-55-16-17-60-42-15-9-27(46)20-30(42)37-21-29-33(50-52-39(29)24-47-37)12-10-28-35(54-57(3)44(28)45(55)58)13-14-36-43-31-22-38(49-36)32-23-48-56(2)40(32)25-59-18-19-61-41-7-5-4-6-26(41)8-11-34(31)51-53-43/h4-12,15,20-24H,13-14,16-19,25H2,1-3H3,(H,50,52)(H,51,53)/b11-8+,12-10+. The third-order valence-electron chi connectivity index (χ3n) is 11.2. The van der Waals surface area contributed by atoms with E-state index >= 15 is 0 Å². The Bertz CT molecular complexity index is 3050. The molecule has 0 unspecified atom stereocenters. The summed E-state index contributed by atoms with van der Waals surface area (Å²) in [6.07, 6.45) is 12.1. The molecule has 306 valence electrons. The van der Waals surface area contributed by atoms with Crippen LogP contribution in [0.25, 0.3) is 68.6 Å². The highest BCUT2D eigenvalue weighted by atomic mass is 19.1. The van der Waals surface area contributed by atoms with Crippen molar-refractivity contribution in [1.29, 1.82) is 0 Å². The number of hydrogen-bond acceptors (Lipinski definition) is 10. The molecule has 10 rings (SSSR count). The average Bonchev–Trinajstić information content (AvgIpc) is 4.04. The predicted octanol–water partition coefficient (Wildman–Crippen LogP) is 6.67. The van der Waals surface area contributed by atoms with Crippen LogP contribution < -0.4 is 9.47 Å². The number of halogens is 1. The molecule has 2 aliphatic rings. The smallest absolute Gasteiger partial charge is 0.272 e. The second-order valence-electron chi connectivity index (χ2n) is 15.0. The Morgan fingerprint density at radius 1 is 0.770 bits per heavy atom. The van der Waals surface area contributed by atoms with Crippen LogP contribution >= 0.6 is 0 Å². The monoisotopic (exact) mass is 817 g/mol. The maximum absolute atomic E-state index is 14.6. The van der Waals surface area contributed by atoms with E-state index in [1.54, 1.807) is 35.9 Å². The zero-order chi connectivity index (χ0) is 41.6. The summed E-state index contributed by atoms with van der Waals surface area (Å²) in [4.78, 5) is 25.7. The lowest BCUT2D eigenvalue weighted by Gasteiger charge is -2.19. The first-order chi connectivity index (χ1) is 29.8. The lowest BCUT2D eigenvalue weighted by atomic mass is 10.0. The van der Waals surface area contributed by atoms with Gasteiger partial charge in [-0.1, -0.05) is 18.2 Å². The number of aromatic amines is 2. The molecule has 0 saturated heterocycles. The fourth-order valence-electron chi connectivity index (χ4n) is 7.92. The second kappa shape index (κ2) is 15.6. The Labute approximate surface area is 348 Å². The molecule has 0 radical (unpaired) electrons. The van der Waals surface area contributed by atoms with E-state index in [1.807, 2.05) is 78.6 Å². The van der Waals surface area contributed by atoms with Gasteiger partial charge in [0, 0.05) is 54.2 Å². The van der Waals surface area contributed by atoms with Gasteiger partial charge in [0.1, 0.15) is 36.2 Å². The molecule has 15 nitrogen and oxygen atoms in total. The third kappa shape index (κ3) is 7.09. The number of ether oxygens (including phenoxy) is 3. The summed E-state index contributed by atoms with van der Waals surface area (Å²) in [5.74, 6) is 0.562. The fraction of sp³-hybridized carbons (Fsp3) is 0.222. The van der Waals surface area contributed by atoms with Gasteiger partial charge in [0.25, 0.3) is 5.91 Å². The molecule has 0 aliphatic carbocycles. The number of H-pyrrole nitrogens is 2. The van der Waals surface area contributed by atoms with Gasteiger partial charge in [0.2, 0.25) is 0 Å². The largest absolute Gasteiger partial charge is 0.491 e. The highest BCUT2D eigenvalue weighted by molar-refractivity contribution is 5.99. The number of likely N-dealkylation sites (N-methyl/N-ethyl adjacent to an activating group) is 1. The molecule has 0 spiro atoms. The number of hydrogen-bond donors (Lipinski definition) is 2. The zero-order valence-corrected chi connectivity index (χ0v) is 33.6. The number of benzene rings is 2. The Morgan fingerprint density at radius 2 is 1.57 bits per heavy atom. The van der Waals surface area contributed by atoms with E-state index in [0.717, 1.165) is 55.9 Å². The summed E-state index contributed by atoms with van der Waals surface area (Å²) in [5, 5.41) is 26.8. The number of nitrogens with one attached hydrogen (secondary N) is 2. The maximum atomic E-state index is 14.6. The highest BCUT2D eigenvalue weighted by Crippen LogP contribution is 2.34. The minimum atomic E-state index is -0.413. The molecule has 4 bridgehead atoms. The van der Waals surface area contributed by atoms with Gasteiger partial charge in [0.05, 0.1) is 83.0 Å². The first-order valence-electron chi connectivity index (χ1n) is 19.9. The van der Waals surface area contributed by atoms with Crippen molar-refractivity contribution in [2.75, 3.05) is 33.4 Å². The number of carbonyl (C=O) groups excluding carboxylic acids is 1. The van der Waals surface area contributed by atoms with E-state index in [-0.39, 0.29) is 19.1 Å². The summed E-state index contributed by atoms with van der Waals surface area (Å²) < 4.78 is 36.3. The number of aromatic nitrogens is 10. The van der Waals surface area contributed by atoms with Crippen LogP contribution in [-0.4, -0.2) is 94.1 Å². The predicted molar refractivity (Wildman–Crippen MR) is 228 cm³/mol. The number of carbonyl (C=O) groups is 1. The van der Waals surface area contributed by atoms with Gasteiger partial charge in [-0.3, -0.25) is 34.3 Å². The topological polar surface area (TPSA) is 167 Å². The first-order valence-corrected chi connectivity index (χ1v) is 19.9. The molecular formula is C45H40FN11O4. The molecule has 2 aromatic carbocycles. The van der Waals surface area contributed by atoms with E-state index in [0.29, 0.717) is 77.8 Å². The van der Waals surface area contributed by atoms with E-state index in [9.17, 15) is 9.18 Å². The molecule has 0 fully saturated rings. The molecule has 2 aliphatic heterocycles. The van der Waals surface area contributed by atoms with Crippen LogP contribution in [0.2, 0.25) is 0 Å². The fourth-order valence-corrected chi connectivity index (χ4v) is 7.92. The lowest BCUT2D eigenvalue weighted by Crippen LogP contribution is -2.32. The molecule has 61 heavy (non-hydrogen) atoms. The third-order valence-corrected chi connectivity index (χ3v) is 11.2. The van der Waals surface area contributed by atoms with Crippen LogP contribution in [0.4, 0.5) is 4.39 Å². The van der Waals surface area contributed by atoms with E-state index in [2.05, 4.69) is 25.4 Å². The minimum Gasteiger partial charge on any atom is -0.491 e. The van der Waals surface area contributed by atoms with E-state index in [1.165, 1.54) is 12.1 Å². The zero-order valence-electron chi connectivity index (χ0n) is 33.6. The van der Waals surface area contributed by atoms with Gasteiger partial charge < -0.3 is 19.1 Å². The number of para-hydroxylation sites is 1. The summed E-state index contributed by atoms with van der Waals surface area (Å²) in [6.45, 7) is 1.52. The van der Waals surface area contributed by atoms with Crippen molar-refractivity contribution >= 4 is 52.0 Å². The summed E-state index contributed by atoms with van der Waals surface area (Å²) in [7, 11) is 5.39. The summed E-state index contributed by atoms with van der Waals surface area (Å²) in [5.41, 5.74) is 9.82. The van der Waals surface area contributed by atoms with Crippen molar-refractivity contribution in [2.45, 2.75) is 19.4 Å². The van der Waals surface area contributed by atoms with Crippen LogP contribution in [0, 0.1) is 5.82 Å². The second-order valence-corrected chi connectivity index (χ2v) is 15.0. The number of pyridine rings is 2. The Balaban J connectivity index is 1.06. The minimum absolute atomic E-state index is 0.167. The quantitative estimate of drug-likeness (QED) is 0.197. The van der Waals surface area contributed by atoms with Crippen molar-refractivity contribution in [3.63, 3.8) is 0 Å². The van der Waals surface area contributed by atoms with Crippen molar-refractivity contribution in [3.05, 3.63) is 118 Å². The number of nitrogens with zero attached hydrogens (tertiary/aromatic N) is 9. The summed E-state index contributed by atoms with van der Waals surface area (Å²) >= 11 is 0. The molecule has 8 heterocycles. The van der Waals surface area contributed by atoms with E-state index in [4.69, 9.17) is 29.4 Å². The van der Waals surface area contributed by atoms with Crippen molar-refractivity contribution in [1.82, 2.24) is 54.8 Å². The molecule has 1 amide bonds. The number of fused-ring (bicyclic) bond motifs is 8. The van der Waals surface area contributed by atoms with E-state index < -0.39 is 5.82 Å². The highest BCUT2D eigenvalue weighted by Gasteiger charge is 2.25. The SMILES string of the molecule is CN1CCOc2ccc(F)cc2-c2cc3c(n[nH]c3cn2)/C=C/c2c(CCc3nc4cc5c(n[nH]c35)/C=C/c3ccccc3OCCOCc3c-4cnn3C)nn(C)c2C1=O. The molecule has 0 atom stereocenters. The summed E-state index contributed by atoms with van der Waals surface area (Å²) in [6, 6.07) is 16.1. The molecule has 8 aromatic rings. The molecule has 0 saturated carbocycles. The van der Waals surface area contributed by atoms with Crippen molar-refractivity contribution in [2.24, 2.45) is 14.1 Å². The number of rotatable bonds is 3. The molecular weight excluding hydrogens is 778 g/mol. The van der Waals surface area contributed by atoms with Crippen LogP contribution in [-0.2, 0) is 38.3 Å². The molecule has 16 heteroatoms. The molecule has 2 N–H and O–H groups in total. The normalized spacial score (nSPS) is 15.5. The first kappa shape index (κ1) is 37.8. The van der Waals surface area contributed by atoms with Crippen LogP contribution in [0.5, 0.6) is 11.5 Å². The van der Waals surface area contributed by atoms with Gasteiger partial charge in [0.15, 0.2) is 0 Å². The Morgan fingerprint density at radius 3 is 2.49 bits per heavy atom. The van der Waals surface area contributed by atoms with Crippen LogP contribution in [0.1, 0.15) is 50.1 Å². The van der Waals surface area contributed by atoms with Gasteiger partial charge in [-0.2, -0.15) is 20.4 Å². The van der Waals surface area contributed by atoms with Crippen LogP contribution in [0.3, 0.4) is 0 Å². The van der Waals surface area contributed by atoms with Crippen LogP contribution in [0.15, 0.2) is 67.0 Å². The van der Waals surface area contributed by atoms with Crippen molar-refractivity contribution < 1.29 is 23.4 Å². The number of amides is 1. The van der Waals surface area contributed by atoms with Gasteiger partial charge in [-0.25, -0.2) is 4.39 Å². The number of aryl methyl sites for hydroxylation is 4. The Hall–Kier alpha value is -7.46. The van der Waals surface area contributed by atoms with Crippen molar-refractivity contribution in [3.8, 4) is 34.0 Å². The van der Waals surface area contributed by atoms with Gasteiger partial charge >= 0.3 is 0 Å².